The minimum Gasteiger partial charge on any atom is -0.377 e. The zero-order valence-corrected chi connectivity index (χ0v) is 17.7. The second kappa shape index (κ2) is 8.05. The second-order valence-electron chi connectivity index (χ2n) is 6.47. The Labute approximate surface area is 184 Å². The molecule has 0 radical (unpaired) electrons. The molecule has 1 unspecified atom stereocenters. The molecular weight excluding hydrogens is 504 g/mol. The Balaban J connectivity index is 1.79. The van der Waals surface area contributed by atoms with Gasteiger partial charge in [0.2, 0.25) is 0 Å². The molecule has 0 aliphatic rings. The third kappa shape index (κ3) is 3.95. The fraction of sp³-hybridized carbons (Fsp3) is 0.167. The van der Waals surface area contributed by atoms with Crippen LogP contribution in [0.3, 0.4) is 0 Å². The lowest BCUT2D eigenvalue weighted by Crippen LogP contribution is -2.48. The average Bonchev–Trinajstić information content (AvgIpc) is 3.39. The molecule has 0 spiro atoms. The van der Waals surface area contributed by atoms with E-state index >= 15 is 8.78 Å². The molecule has 160 valence electrons. The van der Waals surface area contributed by atoms with Crippen molar-refractivity contribution >= 4 is 27.3 Å². The van der Waals surface area contributed by atoms with E-state index in [0.29, 0.717) is 21.2 Å². The van der Waals surface area contributed by atoms with Gasteiger partial charge in [0.25, 0.3) is 0 Å². The standard InChI is InChI=1S/C18H11BrF4N6OS/c19-15-7-31-16(26-15)10-1-4-14(24-6-10)18(22,23)17(30,8-29-9-25-27-28-29)12-3-2-11(20)5-13(12)21/h1-7,9,30H,8H2. The van der Waals surface area contributed by atoms with E-state index < -0.39 is 41.0 Å². The highest BCUT2D eigenvalue weighted by atomic mass is 79.9. The first-order chi connectivity index (χ1) is 14.7. The van der Waals surface area contributed by atoms with Crippen LogP contribution in [0.5, 0.6) is 0 Å². The van der Waals surface area contributed by atoms with Gasteiger partial charge in [-0.25, -0.2) is 18.4 Å². The molecule has 0 saturated carbocycles. The highest BCUT2D eigenvalue weighted by molar-refractivity contribution is 9.10. The summed E-state index contributed by atoms with van der Waals surface area (Å²) in [7, 11) is 0. The van der Waals surface area contributed by atoms with Gasteiger partial charge in [-0.2, -0.15) is 8.78 Å². The van der Waals surface area contributed by atoms with Gasteiger partial charge < -0.3 is 5.11 Å². The number of aromatic nitrogens is 6. The molecule has 4 aromatic rings. The summed E-state index contributed by atoms with van der Waals surface area (Å²) in [6, 6.07) is 4.31. The third-order valence-electron chi connectivity index (χ3n) is 4.49. The van der Waals surface area contributed by atoms with E-state index in [0.717, 1.165) is 29.2 Å². The highest BCUT2D eigenvalue weighted by Gasteiger charge is 2.58. The van der Waals surface area contributed by atoms with Gasteiger partial charge in [0.15, 0.2) is 5.60 Å². The number of halogens is 5. The van der Waals surface area contributed by atoms with Crippen molar-refractivity contribution in [2.75, 3.05) is 0 Å². The number of hydrogen-bond acceptors (Lipinski definition) is 7. The minimum atomic E-state index is -4.11. The summed E-state index contributed by atoms with van der Waals surface area (Å²) >= 11 is 4.49. The summed E-state index contributed by atoms with van der Waals surface area (Å²) in [5.41, 5.74) is -4.36. The number of alkyl halides is 2. The predicted molar refractivity (Wildman–Crippen MR) is 105 cm³/mol. The zero-order chi connectivity index (χ0) is 22.2. The number of nitrogens with zero attached hydrogens (tertiary/aromatic N) is 6. The lowest BCUT2D eigenvalue weighted by Gasteiger charge is -2.35. The number of benzene rings is 1. The molecule has 3 heterocycles. The van der Waals surface area contributed by atoms with E-state index in [1.54, 1.807) is 5.38 Å². The summed E-state index contributed by atoms with van der Waals surface area (Å²) in [5, 5.41) is 23.5. The molecule has 0 fully saturated rings. The second-order valence-corrected chi connectivity index (χ2v) is 8.14. The third-order valence-corrected chi connectivity index (χ3v) is 6.09. The van der Waals surface area contributed by atoms with Gasteiger partial charge >= 0.3 is 5.92 Å². The number of hydrogen-bond donors (Lipinski definition) is 1. The quantitative estimate of drug-likeness (QED) is 0.392. The molecule has 0 saturated heterocycles. The van der Waals surface area contributed by atoms with Crippen LogP contribution in [-0.2, 0) is 18.1 Å². The number of rotatable bonds is 6. The Kier molecular flexibility index (Phi) is 5.58. The van der Waals surface area contributed by atoms with E-state index in [-0.39, 0.29) is 0 Å². The summed E-state index contributed by atoms with van der Waals surface area (Å²) in [5.74, 6) is -6.44. The van der Waals surface area contributed by atoms with Crippen LogP contribution in [0.25, 0.3) is 10.6 Å². The van der Waals surface area contributed by atoms with Gasteiger partial charge in [-0.1, -0.05) is 0 Å². The van der Waals surface area contributed by atoms with E-state index in [1.807, 2.05) is 0 Å². The maximum Gasteiger partial charge on any atom is 0.323 e. The first-order valence-corrected chi connectivity index (χ1v) is 10.2. The minimum absolute atomic E-state index is 0.410. The summed E-state index contributed by atoms with van der Waals surface area (Å²) in [4.78, 5) is 7.97. The van der Waals surface area contributed by atoms with Crippen molar-refractivity contribution in [2.24, 2.45) is 0 Å². The molecule has 0 bridgehead atoms. The Morgan fingerprint density at radius 3 is 2.55 bits per heavy atom. The van der Waals surface area contributed by atoms with Gasteiger partial charge in [0.1, 0.15) is 33.3 Å². The fourth-order valence-corrected chi connectivity index (χ4v) is 4.21. The number of thiazole rings is 1. The Morgan fingerprint density at radius 2 is 1.97 bits per heavy atom. The summed E-state index contributed by atoms with van der Waals surface area (Å²) in [6.07, 6.45) is 2.16. The van der Waals surface area contributed by atoms with E-state index in [1.165, 1.54) is 23.6 Å². The topological polar surface area (TPSA) is 89.6 Å². The van der Waals surface area contributed by atoms with Crippen LogP contribution in [-0.4, -0.2) is 35.3 Å². The van der Waals surface area contributed by atoms with Crippen LogP contribution in [0.1, 0.15) is 11.3 Å². The van der Waals surface area contributed by atoms with Crippen LogP contribution < -0.4 is 0 Å². The maximum absolute atomic E-state index is 15.6. The molecule has 0 amide bonds. The molecule has 0 aliphatic carbocycles. The average molecular weight is 515 g/mol. The van der Waals surface area contributed by atoms with Crippen molar-refractivity contribution in [3.8, 4) is 10.6 Å². The molecule has 3 aromatic heterocycles. The van der Waals surface area contributed by atoms with Crippen molar-refractivity contribution in [2.45, 2.75) is 18.1 Å². The summed E-state index contributed by atoms with van der Waals surface area (Å²) < 4.78 is 60.5. The van der Waals surface area contributed by atoms with Crippen LogP contribution in [0, 0.1) is 11.6 Å². The van der Waals surface area contributed by atoms with Crippen molar-refractivity contribution in [1.82, 2.24) is 30.2 Å². The number of pyridine rings is 1. The molecule has 4 rings (SSSR count). The van der Waals surface area contributed by atoms with Crippen LogP contribution in [0.15, 0.2) is 52.8 Å². The van der Waals surface area contributed by atoms with E-state index in [2.05, 4.69) is 41.4 Å². The number of aliphatic hydroxyl groups is 1. The predicted octanol–water partition coefficient (Wildman–Crippen LogP) is 3.91. The summed E-state index contributed by atoms with van der Waals surface area (Å²) in [6.45, 7) is -0.918. The Morgan fingerprint density at radius 1 is 1.16 bits per heavy atom. The van der Waals surface area contributed by atoms with Crippen molar-refractivity contribution in [1.29, 1.82) is 0 Å². The van der Waals surface area contributed by atoms with Crippen molar-refractivity contribution in [3.05, 3.63) is 75.7 Å². The maximum atomic E-state index is 15.6. The molecule has 1 atom stereocenters. The molecule has 1 N–H and O–H groups in total. The largest absolute Gasteiger partial charge is 0.377 e. The molecule has 13 heteroatoms. The molecule has 0 aliphatic heterocycles. The van der Waals surface area contributed by atoms with Crippen molar-refractivity contribution < 1.29 is 22.7 Å². The first-order valence-electron chi connectivity index (χ1n) is 8.55. The smallest absolute Gasteiger partial charge is 0.323 e. The van der Waals surface area contributed by atoms with Gasteiger partial charge in [0.05, 0.1) is 6.54 Å². The molecule has 1 aromatic carbocycles. The lowest BCUT2D eigenvalue weighted by molar-refractivity contribution is -0.207. The SMILES string of the molecule is OC(Cn1cnnn1)(c1ccc(F)cc1F)C(F)(F)c1ccc(-c2nc(Br)cs2)cn1. The van der Waals surface area contributed by atoms with Gasteiger partial charge in [-0.3, -0.25) is 4.98 Å². The fourth-order valence-electron chi connectivity index (χ4n) is 2.97. The highest BCUT2D eigenvalue weighted by Crippen LogP contribution is 2.46. The monoisotopic (exact) mass is 514 g/mol. The zero-order valence-electron chi connectivity index (χ0n) is 15.3. The van der Waals surface area contributed by atoms with Crippen LogP contribution in [0.2, 0.25) is 0 Å². The van der Waals surface area contributed by atoms with Gasteiger partial charge in [0, 0.05) is 28.8 Å². The lowest BCUT2D eigenvalue weighted by atomic mass is 9.84. The Hall–Kier alpha value is -2.77. The molecule has 31 heavy (non-hydrogen) atoms. The van der Waals surface area contributed by atoms with Crippen LogP contribution >= 0.6 is 27.3 Å². The molecule has 7 nitrogen and oxygen atoms in total. The normalized spacial score (nSPS) is 13.9. The van der Waals surface area contributed by atoms with E-state index in [9.17, 15) is 13.9 Å². The Bertz CT molecular complexity index is 1200. The number of tetrazole rings is 1. The first kappa shape index (κ1) is 21.5. The van der Waals surface area contributed by atoms with Crippen molar-refractivity contribution in [3.63, 3.8) is 0 Å². The van der Waals surface area contributed by atoms with E-state index in [4.69, 9.17) is 0 Å². The molecular formula is C18H11BrF4N6OS. The van der Waals surface area contributed by atoms with Gasteiger partial charge in [-0.05, 0) is 50.6 Å². The van der Waals surface area contributed by atoms with Gasteiger partial charge in [-0.15, -0.1) is 16.4 Å². The van der Waals surface area contributed by atoms with Crippen LogP contribution in [0.4, 0.5) is 17.6 Å².